The molecule has 0 saturated carbocycles. The Morgan fingerprint density at radius 2 is 1.56 bits per heavy atom. The Morgan fingerprint density at radius 3 is 2.24 bits per heavy atom. The molecule has 1 aromatic heterocycles. The van der Waals surface area contributed by atoms with Crippen molar-refractivity contribution in [3.05, 3.63) is 102 Å². The first-order valence-electron chi connectivity index (χ1n) is 8.20. The molecule has 0 aliphatic rings. The van der Waals surface area contributed by atoms with Gasteiger partial charge in [-0.05, 0) is 24.1 Å². The van der Waals surface area contributed by atoms with E-state index < -0.39 is 0 Å². The molecule has 3 rings (SSSR count). The quantitative estimate of drug-likeness (QED) is 0.555. The summed E-state index contributed by atoms with van der Waals surface area (Å²) in [5.74, 6) is -0.117. The number of carbonyl (C=O) groups is 1. The minimum atomic E-state index is -0.117. The highest BCUT2D eigenvalue weighted by Crippen LogP contribution is 2.08. The number of aryl methyl sites for hydroxylation is 1. The third-order valence-electron chi connectivity index (χ3n) is 3.73. The fourth-order valence-electron chi connectivity index (χ4n) is 2.45. The highest BCUT2D eigenvalue weighted by molar-refractivity contribution is 6.11. The second kappa shape index (κ2) is 8.55. The van der Waals surface area contributed by atoms with Crippen molar-refractivity contribution in [1.29, 1.82) is 0 Å². The van der Waals surface area contributed by atoms with Gasteiger partial charge in [0.05, 0.1) is 5.69 Å². The maximum Gasteiger partial charge on any atom is 0.240 e. The Morgan fingerprint density at radius 1 is 0.880 bits per heavy atom. The molecule has 0 spiro atoms. The summed E-state index contributed by atoms with van der Waals surface area (Å²) in [5.41, 5.74) is 6.07. The van der Waals surface area contributed by atoms with Gasteiger partial charge in [-0.1, -0.05) is 66.7 Å². The molecule has 0 unspecified atom stereocenters. The van der Waals surface area contributed by atoms with E-state index in [1.807, 2.05) is 78.9 Å². The molecular weight excluding hydrogens is 310 g/mol. The Hall–Kier alpha value is -3.27. The number of nitrogens with one attached hydrogen (secondary N) is 1. The van der Waals surface area contributed by atoms with Crippen LogP contribution in [-0.4, -0.2) is 16.6 Å². The second-order valence-corrected chi connectivity index (χ2v) is 5.56. The zero-order valence-electron chi connectivity index (χ0n) is 13.8. The lowest BCUT2D eigenvalue weighted by Gasteiger charge is -2.07. The van der Waals surface area contributed by atoms with Crippen LogP contribution in [0.3, 0.4) is 0 Å². The van der Waals surface area contributed by atoms with Gasteiger partial charge in [-0.15, -0.1) is 0 Å². The average Bonchev–Trinajstić information content (AvgIpc) is 2.69. The Bertz CT molecular complexity index is 789. The first kappa shape index (κ1) is 16.6. The zero-order valence-corrected chi connectivity index (χ0v) is 13.8. The number of hydrogen-bond donors (Lipinski definition) is 1. The highest BCUT2D eigenvalue weighted by atomic mass is 16.2. The van der Waals surface area contributed by atoms with Crippen molar-refractivity contribution in [2.24, 2.45) is 5.10 Å². The van der Waals surface area contributed by atoms with Gasteiger partial charge in [0.25, 0.3) is 0 Å². The van der Waals surface area contributed by atoms with E-state index in [4.69, 9.17) is 0 Å². The van der Waals surface area contributed by atoms with E-state index in [0.717, 1.165) is 16.8 Å². The lowest BCUT2D eigenvalue weighted by molar-refractivity contribution is -0.121. The summed E-state index contributed by atoms with van der Waals surface area (Å²) < 4.78 is 0. The van der Waals surface area contributed by atoms with Gasteiger partial charge in [0.1, 0.15) is 5.71 Å². The molecule has 2 aromatic carbocycles. The van der Waals surface area contributed by atoms with Crippen molar-refractivity contribution < 1.29 is 4.79 Å². The van der Waals surface area contributed by atoms with Crippen molar-refractivity contribution in [3.8, 4) is 0 Å². The van der Waals surface area contributed by atoms with E-state index >= 15 is 0 Å². The Kier molecular flexibility index (Phi) is 5.67. The SMILES string of the molecule is O=C(CCc1ccccc1)N/N=C(\c1ccccc1)c1ccccn1. The number of hydrogen-bond acceptors (Lipinski definition) is 3. The first-order chi connectivity index (χ1) is 12.3. The van der Waals surface area contributed by atoms with Crippen LogP contribution in [0, 0.1) is 0 Å². The van der Waals surface area contributed by atoms with E-state index in [0.29, 0.717) is 18.6 Å². The summed E-state index contributed by atoms with van der Waals surface area (Å²) in [6.07, 6.45) is 2.79. The summed E-state index contributed by atoms with van der Waals surface area (Å²) >= 11 is 0. The van der Waals surface area contributed by atoms with Crippen LogP contribution in [0.4, 0.5) is 0 Å². The third-order valence-corrected chi connectivity index (χ3v) is 3.73. The number of amides is 1. The molecule has 1 amide bonds. The topological polar surface area (TPSA) is 54.4 Å². The van der Waals surface area contributed by atoms with Gasteiger partial charge < -0.3 is 0 Å². The fraction of sp³-hybridized carbons (Fsp3) is 0.0952. The summed E-state index contributed by atoms with van der Waals surface area (Å²) in [7, 11) is 0. The minimum absolute atomic E-state index is 0.117. The molecular formula is C21H19N3O. The lowest BCUT2D eigenvalue weighted by Crippen LogP contribution is -2.21. The molecule has 0 radical (unpaired) electrons. The molecule has 1 N–H and O–H groups in total. The Labute approximate surface area is 147 Å². The molecule has 0 aliphatic carbocycles. The van der Waals surface area contributed by atoms with Crippen LogP contribution in [0.25, 0.3) is 0 Å². The predicted molar refractivity (Wildman–Crippen MR) is 99.2 cm³/mol. The van der Waals surface area contributed by atoms with Crippen LogP contribution in [0.5, 0.6) is 0 Å². The summed E-state index contributed by atoms with van der Waals surface area (Å²) in [6.45, 7) is 0. The molecule has 0 saturated heterocycles. The lowest BCUT2D eigenvalue weighted by atomic mass is 10.1. The number of benzene rings is 2. The average molecular weight is 329 g/mol. The maximum absolute atomic E-state index is 12.1. The van der Waals surface area contributed by atoms with E-state index in [2.05, 4.69) is 15.5 Å². The normalized spacial score (nSPS) is 11.1. The molecule has 124 valence electrons. The number of carbonyl (C=O) groups excluding carboxylic acids is 1. The predicted octanol–water partition coefficient (Wildman–Crippen LogP) is 3.58. The molecule has 0 atom stereocenters. The second-order valence-electron chi connectivity index (χ2n) is 5.56. The van der Waals surface area contributed by atoms with Crippen LogP contribution >= 0.6 is 0 Å². The minimum Gasteiger partial charge on any atom is -0.273 e. The van der Waals surface area contributed by atoms with E-state index in [9.17, 15) is 4.79 Å². The van der Waals surface area contributed by atoms with Gasteiger partial charge >= 0.3 is 0 Å². The van der Waals surface area contributed by atoms with Gasteiger partial charge in [-0.3, -0.25) is 9.78 Å². The van der Waals surface area contributed by atoms with Gasteiger partial charge in [0, 0.05) is 18.2 Å². The summed E-state index contributed by atoms with van der Waals surface area (Å²) in [6, 6.07) is 25.3. The molecule has 25 heavy (non-hydrogen) atoms. The number of pyridine rings is 1. The van der Waals surface area contributed by atoms with Crippen LogP contribution in [0.1, 0.15) is 23.2 Å². The number of nitrogens with zero attached hydrogens (tertiary/aromatic N) is 2. The van der Waals surface area contributed by atoms with Gasteiger partial charge in [0.2, 0.25) is 5.91 Å². The van der Waals surface area contributed by atoms with Crippen molar-refractivity contribution in [2.45, 2.75) is 12.8 Å². The number of aromatic nitrogens is 1. The standard InChI is InChI=1S/C21H19N3O/c25-20(15-14-17-9-3-1-4-10-17)23-24-21(18-11-5-2-6-12-18)19-13-7-8-16-22-19/h1-13,16H,14-15H2,(H,23,25)/b24-21+. The van der Waals surface area contributed by atoms with Crippen molar-refractivity contribution in [3.63, 3.8) is 0 Å². The monoisotopic (exact) mass is 329 g/mol. The zero-order chi connectivity index (χ0) is 17.3. The van der Waals surface area contributed by atoms with E-state index in [1.54, 1.807) is 6.20 Å². The summed E-state index contributed by atoms with van der Waals surface area (Å²) in [5, 5.41) is 4.33. The van der Waals surface area contributed by atoms with Gasteiger partial charge in [-0.2, -0.15) is 5.10 Å². The highest BCUT2D eigenvalue weighted by Gasteiger charge is 2.09. The molecule has 4 heteroatoms. The molecule has 0 bridgehead atoms. The number of rotatable bonds is 6. The molecule has 0 aliphatic heterocycles. The van der Waals surface area contributed by atoms with E-state index in [1.165, 1.54) is 0 Å². The first-order valence-corrected chi connectivity index (χ1v) is 8.20. The van der Waals surface area contributed by atoms with Crippen molar-refractivity contribution >= 4 is 11.6 Å². The fourth-order valence-corrected chi connectivity index (χ4v) is 2.45. The van der Waals surface area contributed by atoms with Crippen LogP contribution in [0.2, 0.25) is 0 Å². The smallest absolute Gasteiger partial charge is 0.240 e. The van der Waals surface area contributed by atoms with Gasteiger partial charge in [0.15, 0.2) is 0 Å². The Balaban J connectivity index is 1.72. The largest absolute Gasteiger partial charge is 0.273 e. The van der Waals surface area contributed by atoms with Crippen molar-refractivity contribution in [2.75, 3.05) is 0 Å². The molecule has 0 fully saturated rings. The molecule has 3 aromatic rings. The van der Waals surface area contributed by atoms with Gasteiger partial charge in [-0.25, -0.2) is 5.43 Å². The van der Waals surface area contributed by atoms with Crippen LogP contribution in [-0.2, 0) is 11.2 Å². The van der Waals surface area contributed by atoms with E-state index in [-0.39, 0.29) is 5.91 Å². The van der Waals surface area contributed by atoms with Crippen molar-refractivity contribution in [1.82, 2.24) is 10.4 Å². The molecule has 1 heterocycles. The summed E-state index contributed by atoms with van der Waals surface area (Å²) in [4.78, 5) is 16.5. The third kappa shape index (κ3) is 4.85. The maximum atomic E-state index is 12.1. The molecule has 4 nitrogen and oxygen atoms in total. The van der Waals surface area contributed by atoms with Crippen LogP contribution < -0.4 is 5.43 Å². The van der Waals surface area contributed by atoms with Crippen LogP contribution in [0.15, 0.2) is 90.2 Å². The number of hydrazone groups is 1.